The molecule has 1 aliphatic rings. The highest BCUT2D eigenvalue weighted by Gasteiger charge is 2.33. The van der Waals surface area contributed by atoms with Gasteiger partial charge in [-0.2, -0.15) is 0 Å². The van der Waals surface area contributed by atoms with Crippen molar-refractivity contribution >= 4 is 63.5 Å². The lowest BCUT2D eigenvalue weighted by Gasteiger charge is -2.14. The summed E-state index contributed by atoms with van der Waals surface area (Å²) in [4.78, 5) is 25.4. The van der Waals surface area contributed by atoms with E-state index in [1.165, 1.54) is 16.7 Å². The number of anilines is 1. The summed E-state index contributed by atoms with van der Waals surface area (Å²) >= 11 is 12.7. The van der Waals surface area contributed by atoms with Gasteiger partial charge in [-0.3, -0.25) is 14.5 Å². The number of benzene rings is 2. The van der Waals surface area contributed by atoms with Crippen LogP contribution in [0.5, 0.6) is 0 Å². The second-order valence-corrected chi connectivity index (χ2v) is 7.36. The van der Waals surface area contributed by atoms with Crippen molar-refractivity contribution in [1.29, 1.82) is 0 Å². The van der Waals surface area contributed by atoms with E-state index in [0.717, 1.165) is 5.56 Å². The number of thiocarbonyl (C=S) groups is 1. The van der Waals surface area contributed by atoms with E-state index in [4.69, 9.17) is 28.9 Å². The minimum absolute atomic E-state index is 0.0644. The van der Waals surface area contributed by atoms with Crippen molar-refractivity contribution in [1.82, 2.24) is 0 Å². The third kappa shape index (κ3) is 3.92. The molecule has 4 nitrogen and oxygen atoms in total. The van der Waals surface area contributed by atoms with Crippen LogP contribution in [0, 0.1) is 0 Å². The van der Waals surface area contributed by atoms with Gasteiger partial charge in [0.25, 0.3) is 5.91 Å². The molecule has 0 spiro atoms. The van der Waals surface area contributed by atoms with Gasteiger partial charge in [0, 0.05) is 5.02 Å². The quantitative estimate of drug-likeness (QED) is 0.621. The van der Waals surface area contributed by atoms with Crippen molar-refractivity contribution in [3.63, 3.8) is 0 Å². The SMILES string of the molecule is O=C(O)Cc1ccc(N2C(=O)/C(=C/c3ccccc3Cl)SC2=S)cc1. The fourth-order valence-corrected chi connectivity index (χ4v) is 3.84. The first kappa shape index (κ1) is 17.7. The summed E-state index contributed by atoms with van der Waals surface area (Å²) in [5.41, 5.74) is 2.02. The first-order valence-corrected chi connectivity index (χ1v) is 8.89. The highest BCUT2D eigenvalue weighted by molar-refractivity contribution is 8.27. The summed E-state index contributed by atoms with van der Waals surface area (Å²) in [6.45, 7) is 0. The van der Waals surface area contributed by atoms with Crippen LogP contribution in [0.2, 0.25) is 5.02 Å². The second-order valence-electron chi connectivity index (χ2n) is 5.28. The van der Waals surface area contributed by atoms with Crippen molar-refractivity contribution in [3.05, 3.63) is 69.6 Å². The normalized spacial score (nSPS) is 15.9. The predicted molar refractivity (Wildman–Crippen MR) is 105 cm³/mol. The number of thioether (sulfide) groups is 1. The number of carboxylic acid groups (broad SMARTS) is 1. The Labute approximate surface area is 159 Å². The smallest absolute Gasteiger partial charge is 0.307 e. The number of carbonyl (C=O) groups is 2. The van der Waals surface area contributed by atoms with Crippen LogP contribution in [0.25, 0.3) is 6.08 Å². The molecule has 1 aliphatic heterocycles. The number of carbonyl (C=O) groups excluding carboxylic acids is 1. The Morgan fingerprint density at radius 2 is 1.88 bits per heavy atom. The maximum absolute atomic E-state index is 12.7. The van der Waals surface area contributed by atoms with Gasteiger partial charge < -0.3 is 5.11 Å². The van der Waals surface area contributed by atoms with Gasteiger partial charge in [-0.15, -0.1) is 0 Å². The summed E-state index contributed by atoms with van der Waals surface area (Å²) in [6, 6.07) is 14.0. The number of carboxylic acids is 1. The van der Waals surface area contributed by atoms with E-state index in [1.54, 1.807) is 36.4 Å². The first-order chi connectivity index (χ1) is 12.0. The van der Waals surface area contributed by atoms with Gasteiger partial charge in [0.15, 0.2) is 4.32 Å². The van der Waals surface area contributed by atoms with Gasteiger partial charge in [-0.1, -0.05) is 65.9 Å². The van der Waals surface area contributed by atoms with Crippen LogP contribution < -0.4 is 4.90 Å². The van der Waals surface area contributed by atoms with E-state index in [2.05, 4.69) is 0 Å². The molecule has 1 amide bonds. The second kappa shape index (κ2) is 7.39. The maximum Gasteiger partial charge on any atom is 0.307 e. The molecular weight excluding hydrogens is 378 g/mol. The summed E-state index contributed by atoms with van der Waals surface area (Å²) in [6.07, 6.45) is 1.66. The lowest BCUT2D eigenvalue weighted by atomic mass is 10.1. The van der Waals surface area contributed by atoms with Crippen LogP contribution in [0.15, 0.2) is 53.4 Å². The Bertz CT molecular complexity index is 893. The van der Waals surface area contributed by atoms with Crippen LogP contribution in [-0.4, -0.2) is 21.3 Å². The van der Waals surface area contributed by atoms with Gasteiger partial charge in [0.1, 0.15) is 0 Å². The number of rotatable bonds is 4. The number of aliphatic carboxylic acids is 1. The largest absolute Gasteiger partial charge is 0.481 e. The summed E-state index contributed by atoms with van der Waals surface area (Å²) in [7, 11) is 0. The Kier molecular flexibility index (Phi) is 5.22. The number of halogens is 1. The molecule has 0 atom stereocenters. The monoisotopic (exact) mass is 389 g/mol. The fraction of sp³-hybridized carbons (Fsp3) is 0.0556. The average molecular weight is 390 g/mol. The predicted octanol–water partition coefficient (Wildman–Crippen LogP) is 4.37. The Morgan fingerprint density at radius 1 is 1.20 bits per heavy atom. The highest BCUT2D eigenvalue weighted by Crippen LogP contribution is 2.36. The molecule has 3 rings (SSSR count). The van der Waals surface area contributed by atoms with Crippen LogP contribution in [0.1, 0.15) is 11.1 Å². The van der Waals surface area contributed by atoms with Crippen molar-refractivity contribution in [2.45, 2.75) is 6.42 Å². The molecule has 126 valence electrons. The van der Waals surface area contributed by atoms with Gasteiger partial charge in [-0.05, 0) is 35.4 Å². The van der Waals surface area contributed by atoms with Gasteiger partial charge in [-0.25, -0.2) is 0 Å². The van der Waals surface area contributed by atoms with Crippen LogP contribution in [-0.2, 0) is 16.0 Å². The van der Waals surface area contributed by atoms with E-state index < -0.39 is 5.97 Å². The van der Waals surface area contributed by atoms with Crippen molar-refractivity contribution in [2.24, 2.45) is 0 Å². The van der Waals surface area contributed by atoms with Crippen molar-refractivity contribution < 1.29 is 14.7 Å². The topological polar surface area (TPSA) is 57.6 Å². The van der Waals surface area contributed by atoms with E-state index in [0.29, 0.717) is 25.5 Å². The van der Waals surface area contributed by atoms with E-state index in [9.17, 15) is 9.59 Å². The lowest BCUT2D eigenvalue weighted by molar-refractivity contribution is -0.136. The third-order valence-electron chi connectivity index (χ3n) is 3.54. The standard InChI is InChI=1S/C18H12ClNO3S2/c19-14-4-2-1-3-12(14)10-15-17(23)20(18(24)25-15)13-7-5-11(6-8-13)9-16(21)22/h1-8,10H,9H2,(H,21,22)/b15-10-. The molecular formula is C18H12ClNO3S2. The van der Waals surface area contributed by atoms with Crippen molar-refractivity contribution in [3.8, 4) is 0 Å². The molecule has 1 N–H and O–H groups in total. The van der Waals surface area contributed by atoms with Crippen LogP contribution in [0.4, 0.5) is 5.69 Å². The molecule has 0 saturated carbocycles. The third-order valence-corrected chi connectivity index (χ3v) is 5.18. The molecule has 2 aromatic carbocycles. The van der Waals surface area contributed by atoms with E-state index >= 15 is 0 Å². The Hall–Kier alpha value is -2.15. The highest BCUT2D eigenvalue weighted by atomic mass is 35.5. The molecule has 0 unspecified atom stereocenters. The molecule has 0 aliphatic carbocycles. The van der Waals surface area contributed by atoms with Gasteiger partial charge >= 0.3 is 5.97 Å². The minimum Gasteiger partial charge on any atom is -0.481 e. The molecule has 7 heteroatoms. The Morgan fingerprint density at radius 3 is 2.52 bits per heavy atom. The molecule has 25 heavy (non-hydrogen) atoms. The zero-order valence-electron chi connectivity index (χ0n) is 12.8. The zero-order valence-corrected chi connectivity index (χ0v) is 15.2. The van der Waals surface area contributed by atoms with Crippen LogP contribution >= 0.6 is 35.6 Å². The Balaban J connectivity index is 1.87. The van der Waals surface area contributed by atoms with Gasteiger partial charge in [0.05, 0.1) is 17.0 Å². The zero-order chi connectivity index (χ0) is 18.0. The first-order valence-electron chi connectivity index (χ1n) is 7.29. The molecule has 1 heterocycles. The molecule has 0 bridgehead atoms. The van der Waals surface area contributed by atoms with Crippen LogP contribution in [0.3, 0.4) is 0 Å². The summed E-state index contributed by atoms with van der Waals surface area (Å²) in [5.74, 6) is -1.12. The molecule has 0 aromatic heterocycles. The molecule has 1 fully saturated rings. The van der Waals surface area contributed by atoms with E-state index in [1.807, 2.05) is 18.2 Å². The lowest BCUT2D eigenvalue weighted by Crippen LogP contribution is -2.27. The fourth-order valence-electron chi connectivity index (χ4n) is 2.36. The van der Waals surface area contributed by atoms with E-state index in [-0.39, 0.29) is 12.3 Å². The molecule has 1 saturated heterocycles. The van der Waals surface area contributed by atoms with Gasteiger partial charge in [0.2, 0.25) is 0 Å². The summed E-state index contributed by atoms with van der Waals surface area (Å²) < 4.78 is 0.425. The number of hydrogen-bond donors (Lipinski definition) is 1. The number of hydrogen-bond acceptors (Lipinski definition) is 4. The number of nitrogens with zero attached hydrogens (tertiary/aromatic N) is 1. The minimum atomic E-state index is -0.902. The molecule has 2 aromatic rings. The average Bonchev–Trinajstić information content (AvgIpc) is 2.84. The summed E-state index contributed by atoms with van der Waals surface area (Å²) in [5, 5.41) is 9.38. The number of amides is 1. The maximum atomic E-state index is 12.7. The molecule has 0 radical (unpaired) electrons. The van der Waals surface area contributed by atoms with Crippen molar-refractivity contribution in [2.75, 3.05) is 4.90 Å².